The van der Waals surface area contributed by atoms with Crippen LogP contribution in [0.25, 0.3) is 5.69 Å². The molecule has 136 valence electrons. The van der Waals surface area contributed by atoms with E-state index in [1.54, 1.807) is 46.0 Å². The van der Waals surface area contributed by atoms with Crippen LogP contribution in [0, 0.1) is 0 Å². The van der Waals surface area contributed by atoms with Gasteiger partial charge in [0.05, 0.1) is 17.9 Å². The van der Waals surface area contributed by atoms with E-state index in [1.807, 2.05) is 18.2 Å². The van der Waals surface area contributed by atoms with Crippen molar-refractivity contribution in [2.75, 3.05) is 6.54 Å². The number of carboxylic acid groups (broad SMARTS) is 1. The zero-order valence-electron chi connectivity index (χ0n) is 14.3. The average molecular weight is 382 g/mol. The summed E-state index contributed by atoms with van der Waals surface area (Å²) in [7, 11) is 0. The molecule has 6 nitrogen and oxygen atoms in total. The molecule has 0 fully saturated rings. The number of carbonyl (C=O) groups is 2. The number of fused-ring (bicyclic) bond motifs is 1. The van der Waals surface area contributed by atoms with Crippen LogP contribution in [0.2, 0.25) is 5.02 Å². The van der Waals surface area contributed by atoms with Crippen molar-refractivity contribution in [3.05, 3.63) is 82.1 Å². The minimum atomic E-state index is -1.10. The number of nitrogens with zero attached hydrogens (tertiary/aromatic N) is 3. The van der Waals surface area contributed by atoms with Crippen molar-refractivity contribution in [1.29, 1.82) is 0 Å². The van der Waals surface area contributed by atoms with Gasteiger partial charge >= 0.3 is 5.97 Å². The largest absolute Gasteiger partial charge is 0.476 e. The molecule has 0 saturated heterocycles. The molecule has 1 N–H and O–H groups in total. The van der Waals surface area contributed by atoms with Crippen LogP contribution >= 0.6 is 11.6 Å². The highest BCUT2D eigenvalue weighted by Crippen LogP contribution is 2.27. The van der Waals surface area contributed by atoms with Crippen LogP contribution in [0.1, 0.15) is 32.1 Å². The zero-order chi connectivity index (χ0) is 19.0. The second-order valence-corrected chi connectivity index (χ2v) is 6.75. The molecule has 0 spiro atoms. The second kappa shape index (κ2) is 6.89. The van der Waals surface area contributed by atoms with E-state index in [2.05, 4.69) is 5.10 Å². The van der Waals surface area contributed by atoms with E-state index in [4.69, 9.17) is 11.6 Å². The Morgan fingerprint density at radius 2 is 1.74 bits per heavy atom. The molecule has 2 heterocycles. The van der Waals surface area contributed by atoms with Crippen LogP contribution in [0.4, 0.5) is 0 Å². The maximum absolute atomic E-state index is 12.7. The van der Waals surface area contributed by atoms with Crippen molar-refractivity contribution < 1.29 is 14.7 Å². The van der Waals surface area contributed by atoms with E-state index in [0.29, 0.717) is 29.1 Å². The molecule has 3 aromatic rings. The first-order valence-corrected chi connectivity index (χ1v) is 8.86. The van der Waals surface area contributed by atoms with Crippen LogP contribution in [0.3, 0.4) is 0 Å². The highest BCUT2D eigenvalue weighted by molar-refractivity contribution is 6.30. The van der Waals surface area contributed by atoms with Gasteiger partial charge in [0, 0.05) is 29.1 Å². The van der Waals surface area contributed by atoms with Crippen LogP contribution < -0.4 is 0 Å². The molecule has 0 atom stereocenters. The van der Waals surface area contributed by atoms with Crippen LogP contribution in [0.15, 0.2) is 54.6 Å². The van der Waals surface area contributed by atoms with Gasteiger partial charge in [-0.15, -0.1) is 0 Å². The first-order chi connectivity index (χ1) is 13.0. The van der Waals surface area contributed by atoms with Gasteiger partial charge in [-0.05, 0) is 36.4 Å². The molecule has 1 aliphatic rings. The molecule has 1 aromatic heterocycles. The van der Waals surface area contributed by atoms with E-state index in [0.717, 1.165) is 11.4 Å². The Morgan fingerprint density at radius 1 is 1.04 bits per heavy atom. The van der Waals surface area contributed by atoms with E-state index in [1.165, 1.54) is 0 Å². The van der Waals surface area contributed by atoms with Crippen molar-refractivity contribution in [1.82, 2.24) is 14.7 Å². The van der Waals surface area contributed by atoms with Gasteiger partial charge in [0.15, 0.2) is 5.69 Å². The Bertz CT molecular complexity index is 1010. The minimum absolute atomic E-state index is 0.0227. The first kappa shape index (κ1) is 17.3. The van der Waals surface area contributed by atoms with E-state index in [-0.39, 0.29) is 18.1 Å². The quantitative estimate of drug-likeness (QED) is 0.754. The van der Waals surface area contributed by atoms with Gasteiger partial charge in [0.2, 0.25) is 0 Å². The van der Waals surface area contributed by atoms with E-state index >= 15 is 0 Å². The van der Waals surface area contributed by atoms with Gasteiger partial charge in [-0.3, -0.25) is 4.79 Å². The summed E-state index contributed by atoms with van der Waals surface area (Å²) in [5.41, 5.74) is 2.69. The van der Waals surface area contributed by atoms with Gasteiger partial charge in [-0.1, -0.05) is 29.8 Å². The number of rotatable bonds is 3. The highest BCUT2D eigenvalue weighted by Gasteiger charge is 2.30. The number of carboxylic acids is 1. The number of hydrogen-bond acceptors (Lipinski definition) is 3. The molecule has 0 aliphatic carbocycles. The summed E-state index contributed by atoms with van der Waals surface area (Å²) < 4.78 is 1.64. The van der Waals surface area contributed by atoms with Gasteiger partial charge in [0.1, 0.15) is 0 Å². The summed E-state index contributed by atoms with van der Waals surface area (Å²) in [6.45, 7) is 0.720. The van der Waals surface area contributed by atoms with Crippen molar-refractivity contribution in [2.45, 2.75) is 13.0 Å². The fourth-order valence-electron chi connectivity index (χ4n) is 3.32. The van der Waals surface area contributed by atoms with Gasteiger partial charge < -0.3 is 10.0 Å². The normalized spacial score (nSPS) is 13.3. The highest BCUT2D eigenvalue weighted by atomic mass is 35.5. The monoisotopic (exact) mass is 381 g/mol. The van der Waals surface area contributed by atoms with Gasteiger partial charge in [-0.25, -0.2) is 9.48 Å². The SMILES string of the molecule is O=C(O)c1nn(-c2ccc(Cl)cc2)c2c1CN(C(=O)c1ccccc1)CC2. The lowest BCUT2D eigenvalue weighted by molar-refractivity contribution is 0.0674. The van der Waals surface area contributed by atoms with Crippen LogP contribution in [0.5, 0.6) is 0 Å². The summed E-state index contributed by atoms with van der Waals surface area (Å²) in [6.07, 6.45) is 0.525. The Kier molecular flexibility index (Phi) is 4.41. The molecule has 2 aromatic carbocycles. The lowest BCUT2D eigenvalue weighted by Gasteiger charge is -2.27. The molecule has 0 unspecified atom stereocenters. The van der Waals surface area contributed by atoms with Crippen LogP contribution in [-0.4, -0.2) is 38.2 Å². The third-order valence-electron chi connectivity index (χ3n) is 4.64. The molecule has 0 saturated carbocycles. The number of amides is 1. The predicted molar refractivity (Wildman–Crippen MR) is 100 cm³/mol. The number of hydrogen-bond donors (Lipinski definition) is 1. The topological polar surface area (TPSA) is 75.4 Å². The van der Waals surface area contributed by atoms with Crippen molar-refractivity contribution in [3.63, 3.8) is 0 Å². The number of benzene rings is 2. The molecule has 0 radical (unpaired) electrons. The minimum Gasteiger partial charge on any atom is -0.476 e. The second-order valence-electron chi connectivity index (χ2n) is 6.31. The molecule has 0 bridgehead atoms. The molecular formula is C20H16ClN3O3. The lowest BCUT2D eigenvalue weighted by atomic mass is 10.0. The standard InChI is InChI=1S/C20H16ClN3O3/c21-14-6-8-15(9-7-14)24-17-10-11-23(12-16(17)18(22-24)20(26)27)19(25)13-4-2-1-3-5-13/h1-9H,10-12H2,(H,26,27). The average Bonchev–Trinajstić information content (AvgIpc) is 3.08. The summed E-state index contributed by atoms with van der Waals surface area (Å²) >= 11 is 5.94. The maximum Gasteiger partial charge on any atom is 0.356 e. The molecular weight excluding hydrogens is 366 g/mol. The van der Waals surface area contributed by atoms with Gasteiger partial charge in [-0.2, -0.15) is 5.10 Å². The molecule has 1 amide bonds. The van der Waals surface area contributed by atoms with Crippen molar-refractivity contribution >= 4 is 23.5 Å². The third kappa shape index (κ3) is 3.19. The van der Waals surface area contributed by atoms with Gasteiger partial charge in [0.25, 0.3) is 5.91 Å². The molecule has 1 aliphatic heterocycles. The number of aromatic carboxylic acids is 1. The first-order valence-electron chi connectivity index (χ1n) is 8.49. The maximum atomic E-state index is 12.7. The number of carbonyl (C=O) groups excluding carboxylic acids is 1. The Labute approximate surface area is 160 Å². The molecule has 27 heavy (non-hydrogen) atoms. The molecule has 4 rings (SSSR count). The third-order valence-corrected chi connectivity index (χ3v) is 4.89. The number of aromatic nitrogens is 2. The summed E-state index contributed by atoms with van der Waals surface area (Å²) in [5, 5.41) is 14.5. The summed E-state index contributed by atoms with van der Waals surface area (Å²) in [4.78, 5) is 26.1. The van der Waals surface area contributed by atoms with Crippen LogP contribution in [-0.2, 0) is 13.0 Å². The Morgan fingerprint density at radius 3 is 2.41 bits per heavy atom. The molecule has 7 heteroatoms. The Hall–Kier alpha value is -3.12. The smallest absolute Gasteiger partial charge is 0.356 e. The lowest BCUT2D eigenvalue weighted by Crippen LogP contribution is -2.36. The summed E-state index contributed by atoms with van der Waals surface area (Å²) in [6, 6.07) is 16.0. The van der Waals surface area contributed by atoms with Crippen molar-refractivity contribution in [3.8, 4) is 5.69 Å². The fraction of sp³-hybridized carbons (Fsp3) is 0.150. The Balaban J connectivity index is 1.71. The van der Waals surface area contributed by atoms with Crippen molar-refractivity contribution in [2.24, 2.45) is 0 Å². The number of halogens is 1. The zero-order valence-corrected chi connectivity index (χ0v) is 15.1. The summed E-state index contributed by atoms with van der Waals surface area (Å²) in [5.74, 6) is -1.22. The van der Waals surface area contributed by atoms with E-state index < -0.39 is 5.97 Å². The predicted octanol–water partition coefficient (Wildman–Crippen LogP) is 3.42. The fourth-order valence-corrected chi connectivity index (χ4v) is 3.45. The van der Waals surface area contributed by atoms with E-state index in [9.17, 15) is 14.7 Å².